The zero-order valence-electron chi connectivity index (χ0n) is 11.9. The Morgan fingerprint density at radius 2 is 2.05 bits per heavy atom. The van der Waals surface area contributed by atoms with Gasteiger partial charge in [0, 0.05) is 13.1 Å². The van der Waals surface area contributed by atoms with Gasteiger partial charge in [-0.2, -0.15) is 0 Å². The number of urea groups is 1. The summed E-state index contributed by atoms with van der Waals surface area (Å²) >= 11 is 0. The van der Waals surface area contributed by atoms with Crippen molar-refractivity contribution >= 4 is 12.0 Å². The molecule has 0 aromatic heterocycles. The molecule has 2 unspecified atom stereocenters. The van der Waals surface area contributed by atoms with Crippen LogP contribution in [0.4, 0.5) is 4.79 Å². The Kier molecular flexibility index (Phi) is 5.60. The van der Waals surface area contributed by atoms with Crippen LogP contribution in [0.15, 0.2) is 0 Å². The summed E-state index contributed by atoms with van der Waals surface area (Å²) < 4.78 is 0. The number of amides is 2. The molecule has 0 bridgehead atoms. The van der Waals surface area contributed by atoms with Crippen molar-refractivity contribution in [3.8, 4) is 0 Å². The standard InChI is InChI=1S/C13H24N2O4/c1-9(2)6-14(7-12(17)18)13(19)15-5-4-10(3)11(15)8-16/h9-11,16H,4-8H2,1-3H3,(H,17,18). The van der Waals surface area contributed by atoms with Gasteiger partial charge in [-0.3, -0.25) is 4.79 Å². The summed E-state index contributed by atoms with van der Waals surface area (Å²) in [4.78, 5) is 26.2. The highest BCUT2D eigenvalue weighted by atomic mass is 16.4. The van der Waals surface area contributed by atoms with Crippen molar-refractivity contribution in [1.82, 2.24) is 9.80 Å². The van der Waals surface area contributed by atoms with Gasteiger partial charge in [-0.25, -0.2) is 4.79 Å². The van der Waals surface area contributed by atoms with E-state index in [1.165, 1.54) is 4.90 Å². The number of nitrogens with zero attached hydrogens (tertiary/aromatic N) is 2. The van der Waals surface area contributed by atoms with Crippen molar-refractivity contribution in [3.63, 3.8) is 0 Å². The molecule has 1 saturated heterocycles. The smallest absolute Gasteiger partial charge is 0.323 e. The molecule has 2 amide bonds. The van der Waals surface area contributed by atoms with Crippen molar-refractivity contribution in [1.29, 1.82) is 0 Å². The van der Waals surface area contributed by atoms with Crippen LogP contribution >= 0.6 is 0 Å². The number of carboxylic acid groups (broad SMARTS) is 1. The first kappa shape index (κ1) is 15.8. The largest absolute Gasteiger partial charge is 0.480 e. The van der Waals surface area contributed by atoms with Crippen LogP contribution in [0.5, 0.6) is 0 Å². The molecule has 1 aliphatic rings. The zero-order valence-corrected chi connectivity index (χ0v) is 11.9. The second kappa shape index (κ2) is 6.75. The van der Waals surface area contributed by atoms with E-state index in [9.17, 15) is 14.7 Å². The number of carbonyl (C=O) groups excluding carboxylic acids is 1. The van der Waals surface area contributed by atoms with Crippen LogP contribution in [0.2, 0.25) is 0 Å². The van der Waals surface area contributed by atoms with Crippen molar-refractivity contribution < 1.29 is 19.8 Å². The summed E-state index contributed by atoms with van der Waals surface area (Å²) in [5, 5.41) is 18.3. The predicted molar refractivity (Wildman–Crippen MR) is 70.8 cm³/mol. The summed E-state index contributed by atoms with van der Waals surface area (Å²) in [6, 6.07) is -0.476. The van der Waals surface area contributed by atoms with E-state index in [1.54, 1.807) is 4.90 Å². The van der Waals surface area contributed by atoms with Crippen molar-refractivity contribution in [2.45, 2.75) is 33.2 Å². The van der Waals surface area contributed by atoms with E-state index >= 15 is 0 Å². The van der Waals surface area contributed by atoms with Gasteiger partial charge in [-0.05, 0) is 18.3 Å². The lowest BCUT2D eigenvalue weighted by atomic mass is 10.0. The molecule has 0 aromatic rings. The maximum Gasteiger partial charge on any atom is 0.323 e. The Hall–Kier alpha value is -1.30. The Balaban J connectivity index is 2.77. The Morgan fingerprint density at radius 3 is 2.53 bits per heavy atom. The average Bonchev–Trinajstić information content (AvgIpc) is 2.67. The molecule has 0 saturated carbocycles. The maximum absolute atomic E-state index is 12.4. The van der Waals surface area contributed by atoms with Crippen molar-refractivity contribution in [2.24, 2.45) is 11.8 Å². The van der Waals surface area contributed by atoms with E-state index in [2.05, 4.69) is 0 Å². The molecule has 0 aliphatic carbocycles. The highest BCUT2D eigenvalue weighted by Gasteiger charge is 2.36. The van der Waals surface area contributed by atoms with Crippen molar-refractivity contribution in [3.05, 3.63) is 0 Å². The summed E-state index contributed by atoms with van der Waals surface area (Å²) in [6.07, 6.45) is 0.847. The third-order valence-electron chi connectivity index (χ3n) is 3.50. The predicted octanol–water partition coefficient (Wildman–Crippen LogP) is 0.852. The second-order valence-corrected chi connectivity index (χ2v) is 5.66. The van der Waals surface area contributed by atoms with E-state index in [4.69, 9.17) is 5.11 Å². The van der Waals surface area contributed by atoms with Gasteiger partial charge in [-0.15, -0.1) is 0 Å². The summed E-state index contributed by atoms with van der Waals surface area (Å²) in [5.41, 5.74) is 0. The van der Waals surface area contributed by atoms with Gasteiger partial charge >= 0.3 is 12.0 Å². The third-order valence-corrected chi connectivity index (χ3v) is 3.50. The summed E-state index contributed by atoms with van der Waals surface area (Å²) in [5.74, 6) is -0.558. The Bertz CT molecular complexity index is 333. The summed E-state index contributed by atoms with van der Waals surface area (Å²) in [6.45, 7) is 6.51. The van der Waals surface area contributed by atoms with Crippen LogP contribution in [0.1, 0.15) is 27.2 Å². The van der Waals surface area contributed by atoms with E-state index in [0.29, 0.717) is 13.1 Å². The maximum atomic E-state index is 12.4. The lowest BCUT2D eigenvalue weighted by Crippen LogP contribution is -2.50. The number of hydrogen-bond donors (Lipinski definition) is 2. The first-order valence-electron chi connectivity index (χ1n) is 6.75. The van der Waals surface area contributed by atoms with Gasteiger partial charge in [0.15, 0.2) is 0 Å². The number of aliphatic hydroxyl groups excluding tert-OH is 1. The molecule has 2 N–H and O–H groups in total. The minimum Gasteiger partial charge on any atom is -0.480 e. The molecule has 1 aliphatic heterocycles. The van der Waals surface area contributed by atoms with Gasteiger partial charge in [0.25, 0.3) is 0 Å². The lowest BCUT2D eigenvalue weighted by molar-refractivity contribution is -0.137. The monoisotopic (exact) mass is 272 g/mol. The Morgan fingerprint density at radius 1 is 1.42 bits per heavy atom. The molecule has 19 heavy (non-hydrogen) atoms. The third kappa shape index (κ3) is 4.09. The van der Waals surface area contributed by atoms with Gasteiger partial charge in [0.1, 0.15) is 6.54 Å². The summed E-state index contributed by atoms with van der Waals surface area (Å²) in [7, 11) is 0. The fourth-order valence-electron chi connectivity index (χ4n) is 2.52. The molecule has 1 fully saturated rings. The van der Waals surface area contributed by atoms with Gasteiger partial charge in [0.05, 0.1) is 12.6 Å². The molecule has 2 atom stereocenters. The molecule has 110 valence electrons. The normalized spacial score (nSPS) is 22.9. The van der Waals surface area contributed by atoms with E-state index in [1.807, 2.05) is 20.8 Å². The fraction of sp³-hybridized carbons (Fsp3) is 0.846. The van der Waals surface area contributed by atoms with Crippen LogP contribution in [-0.4, -0.2) is 64.3 Å². The SMILES string of the molecule is CC(C)CN(CC(=O)O)C(=O)N1CCC(C)C1CO. The molecule has 0 aromatic carbocycles. The molecule has 6 heteroatoms. The van der Waals surface area contributed by atoms with Crippen LogP contribution < -0.4 is 0 Å². The molecule has 0 radical (unpaired) electrons. The number of carboxylic acids is 1. The van der Waals surface area contributed by atoms with Crippen LogP contribution in [0.3, 0.4) is 0 Å². The number of carbonyl (C=O) groups is 2. The molecular weight excluding hydrogens is 248 g/mol. The zero-order chi connectivity index (χ0) is 14.6. The minimum absolute atomic E-state index is 0.0739. The first-order chi connectivity index (χ1) is 8.86. The van der Waals surface area contributed by atoms with E-state index in [0.717, 1.165) is 6.42 Å². The number of hydrogen-bond acceptors (Lipinski definition) is 3. The first-order valence-corrected chi connectivity index (χ1v) is 6.75. The molecule has 1 heterocycles. The van der Waals surface area contributed by atoms with Gasteiger partial charge in [-0.1, -0.05) is 20.8 Å². The van der Waals surface area contributed by atoms with Crippen LogP contribution in [0, 0.1) is 11.8 Å². The molecule has 6 nitrogen and oxygen atoms in total. The van der Waals surface area contributed by atoms with Gasteiger partial charge < -0.3 is 20.0 Å². The molecule has 1 rings (SSSR count). The van der Waals surface area contributed by atoms with Crippen molar-refractivity contribution in [2.75, 3.05) is 26.2 Å². The molecular formula is C13H24N2O4. The van der Waals surface area contributed by atoms with Crippen LogP contribution in [-0.2, 0) is 4.79 Å². The number of likely N-dealkylation sites (tertiary alicyclic amines) is 1. The topological polar surface area (TPSA) is 81.1 Å². The number of rotatable bonds is 5. The lowest BCUT2D eigenvalue weighted by Gasteiger charge is -2.32. The quantitative estimate of drug-likeness (QED) is 0.777. The highest BCUT2D eigenvalue weighted by Crippen LogP contribution is 2.24. The average molecular weight is 272 g/mol. The van der Waals surface area contributed by atoms with Crippen LogP contribution in [0.25, 0.3) is 0 Å². The van der Waals surface area contributed by atoms with E-state index < -0.39 is 5.97 Å². The number of aliphatic hydroxyl groups is 1. The molecule has 0 spiro atoms. The van der Waals surface area contributed by atoms with Gasteiger partial charge in [0.2, 0.25) is 0 Å². The minimum atomic E-state index is -1.01. The fourth-order valence-corrected chi connectivity index (χ4v) is 2.52. The Labute approximate surface area is 114 Å². The second-order valence-electron chi connectivity index (χ2n) is 5.66. The van der Waals surface area contributed by atoms with E-state index in [-0.39, 0.29) is 37.1 Å². The highest BCUT2D eigenvalue weighted by molar-refractivity contribution is 5.80. The number of aliphatic carboxylic acids is 1.